The van der Waals surface area contributed by atoms with Gasteiger partial charge < -0.3 is 14.8 Å². The van der Waals surface area contributed by atoms with Crippen molar-refractivity contribution in [2.75, 3.05) is 7.11 Å². The Hall–Kier alpha value is -3.34. The van der Waals surface area contributed by atoms with Gasteiger partial charge in [0.2, 0.25) is 6.10 Å². The average molecular weight is 347 g/mol. The lowest BCUT2D eigenvalue weighted by Gasteiger charge is -2.37. The number of carbonyl (C=O) groups is 2. The van der Waals surface area contributed by atoms with Gasteiger partial charge in [-0.05, 0) is 29.0 Å². The van der Waals surface area contributed by atoms with Crippen LogP contribution in [0.1, 0.15) is 22.0 Å². The maximum Gasteiger partial charge on any atom is 0.338 e. The van der Waals surface area contributed by atoms with Crippen molar-refractivity contribution in [2.45, 2.75) is 12.1 Å². The molecule has 2 atom stereocenters. The van der Waals surface area contributed by atoms with Crippen LogP contribution in [0.25, 0.3) is 10.8 Å². The van der Waals surface area contributed by atoms with E-state index >= 15 is 0 Å². The molecule has 0 spiro atoms. The molecule has 3 aromatic carbocycles. The van der Waals surface area contributed by atoms with E-state index in [1.807, 2.05) is 42.5 Å². The highest BCUT2D eigenvalue weighted by Crippen LogP contribution is 2.39. The highest BCUT2D eigenvalue weighted by molar-refractivity contribution is 5.97. The first-order valence-electron chi connectivity index (χ1n) is 8.31. The highest BCUT2D eigenvalue weighted by Gasteiger charge is 2.45. The summed E-state index contributed by atoms with van der Waals surface area (Å²) in [5.41, 5.74) is 1.23. The first-order chi connectivity index (χ1) is 12.7. The molecule has 4 rings (SSSR count). The van der Waals surface area contributed by atoms with E-state index in [2.05, 4.69) is 5.32 Å². The zero-order chi connectivity index (χ0) is 18.1. The van der Waals surface area contributed by atoms with Gasteiger partial charge in [-0.15, -0.1) is 0 Å². The van der Waals surface area contributed by atoms with E-state index in [9.17, 15) is 9.59 Å². The Morgan fingerprint density at radius 2 is 1.69 bits per heavy atom. The molecule has 0 bridgehead atoms. The number of nitrogens with one attached hydrogen (secondary N) is 1. The number of carbonyl (C=O) groups excluding carboxylic acids is 2. The third-order valence-corrected chi connectivity index (χ3v) is 4.56. The summed E-state index contributed by atoms with van der Waals surface area (Å²) in [5.74, 6) is -0.182. The Balaban J connectivity index is 1.69. The molecule has 130 valence electrons. The molecule has 0 aliphatic carbocycles. The average Bonchev–Trinajstić information content (AvgIpc) is 2.70. The minimum absolute atomic E-state index is 0.311. The summed E-state index contributed by atoms with van der Waals surface area (Å²) in [6, 6.07) is 19.8. The SMILES string of the molecule is COc1ccc2ccccc2c1[C@@H]1NC(=O)[C@H]1OC(=O)c1ccccc1. The van der Waals surface area contributed by atoms with Gasteiger partial charge >= 0.3 is 5.97 Å². The van der Waals surface area contributed by atoms with Crippen molar-refractivity contribution in [3.05, 3.63) is 77.9 Å². The second kappa shape index (κ2) is 6.52. The van der Waals surface area contributed by atoms with Crippen LogP contribution in [-0.2, 0) is 9.53 Å². The van der Waals surface area contributed by atoms with Crippen LogP contribution in [0, 0.1) is 0 Å². The summed E-state index contributed by atoms with van der Waals surface area (Å²) in [6.07, 6.45) is -0.887. The van der Waals surface area contributed by atoms with E-state index in [1.165, 1.54) is 0 Å². The molecule has 1 fully saturated rings. The molecule has 1 N–H and O–H groups in total. The molecule has 0 saturated carbocycles. The number of hydrogen-bond donors (Lipinski definition) is 1. The van der Waals surface area contributed by atoms with Gasteiger partial charge in [0.25, 0.3) is 5.91 Å². The standard InChI is InChI=1S/C21H17NO4/c1-25-16-12-11-13-7-5-6-10-15(13)17(16)18-19(20(23)22-18)26-21(24)14-8-3-2-4-9-14/h2-12,18-19H,1H3,(H,22,23)/t18-,19-/m0/s1. The third-order valence-electron chi connectivity index (χ3n) is 4.56. The first kappa shape index (κ1) is 16.1. The van der Waals surface area contributed by atoms with Crippen molar-refractivity contribution in [2.24, 2.45) is 0 Å². The lowest BCUT2D eigenvalue weighted by atomic mass is 9.89. The molecule has 1 aliphatic rings. The molecule has 1 amide bonds. The second-order valence-electron chi connectivity index (χ2n) is 6.08. The van der Waals surface area contributed by atoms with E-state index in [1.54, 1.807) is 31.4 Å². The Morgan fingerprint density at radius 3 is 2.42 bits per heavy atom. The fourth-order valence-electron chi connectivity index (χ4n) is 3.24. The summed E-state index contributed by atoms with van der Waals surface area (Å²) in [6.45, 7) is 0. The molecule has 26 heavy (non-hydrogen) atoms. The van der Waals surface area contributed by atoms with Crippen molar-refractivity contribution in [1.29, 1.82) is 0 Å². The zero-order valence-corrected chi connectivity index (χ0v) is 14.1. The van der Waals surface area contributed by atoms with Gasteiger partial charge in [-0.25, -0.2) is 4.79 Å². The first-order valence-corrected chi connectivity index (χ1v) is 8.31. The fourth-order valence-corrected chi connectivity index (χ4v) is 3.24. The van der Waals surface area contributed by atoms with Crippen LogP contribution < -0.4 is 10.1 Å². The van der Waals surface area contributed by atoms with Crippen LogP contribution in [0.5, 0.6) is 5.75 Å². The van der Waals surface area contributed by atoms with Crippen LogP contribution in [0.3, 0.4) is 0 Å². The number of rotatable bonds is 4. The maximum atomic E-state index is 12.4. The van der Waals surface area contributed by atoms with E-state index < -0.39 is 18.1 Å². The lowest BCUT2D eigenvalue weighted by Crippen LogP contribution is -2.57. The molecule has 0 radical (unpaired) electrons. The Bertz CT molecular complexity index is 984. The van der Waals surface area contributed by atoms with Gasteiger partial charge in [-0.2, -0.15) is 0 Å². The van der Waals surface area contributed by atoms with Crippen LogP contribution >= 0.6 is 0 Å². The molecular weight excluding hydrogens is 330 g/mol. The van der Waals surface area contributed by atoms with Crippen molar-refractivity contribution in [1.82, 2.24) is 5.32 Å². The highest BCUT2D eigenvalue weighted by atomic mass is 16.6. The number of methoxy groups -OCH3 is 1. The Morgan fingerprint density at radius 1 is 0.962 bits per heavy atom. The van der Waals surface area contributed by atoms with Gasteiger partial charge in [-0.1, -0.05) is 48.5 Å². The predicted octanol–water partition coefficient (Wildman–Crippen LogP) is 3.24. The van der Waals surface area contributed by atoms with Crippen molar-refractivity contribution in [3.63, 3.8) is 0 Å². The van der Waals surface area contributed by atoms with Gasteiger partial charge in [0, 0.05) is 5.56 Å². The predicted molar refractivity (Wildman–Crippen MR) is 97.0 cm³/mol. The summed E-state index contributed by atoms with van der Waals surface area (Å²) in [4.78, 5) is 24.4. The molecule has 5 nitrogen and oxygen atoms in total. The van der Waals surface area contributed by atoms with Gasteiger partial charge in [0.05, 0.1) is 12.7 Å². The lowest BCUT2D eigenvalue weighted by molar-refractivity contribution is -0.143. The molecule has 1 heterocycles. The number of β-lactam (4-membered cyclic amide) rings is 1. The Kier molecular flexibility index (Phi) is 4.05. The Labute approximate surface area is 150 Å². The van der Waals surface area contributed by atoms with Crippen molar-refractivity contribution < 1.29 is 19.1 Å². The molecular formula is C21H17NO4. The number of hydrogen-bond acceptors (Lipinski definition) is 4. The van der Waals surface area contributed by atoms with E-state index in [0.717, 1.165) is 16.3 Å². The van der Waals surface area contributed by atoms with Crippen LogP contribution in [-0.4, -0.2) is 25.1 Å². The smallest absolute Gasteiger partial charge is 0.338 e. The fraction of sp³-hybridized carbons (Fsp3) is 0.143. The minimum atomic E-state index is -0.887. The van der Waals surface area contributed by atoms with Crippen molar-refractivity contribution >= 4 is 22.6 Å². The van der Waals surface area contributed by atoms with Gasteiger partial charge in [0.1, 0.15) is 11.8 Å². The van der Waals surface area contributed by atoms with Crippen LogP contribution in [0.2, 0.25) is 0 Å². The molecule has 1 saturated heterocycles. The monoisotopic (exact) mass is 347 g/mol. The zero-order valence-electron chi connectivity index (χ0n) is 14.1. The number of benzene rings is 3. The summed E-state index contributed by atoms with van der Waals surface area (Å²) >= 11 is 0. The van der Waals surface area contributed by atoms with E-state index in [-0.39, 0.29) is 5.91 Å². The molecule has 5 heteroatoms. The van der Waals surface area contributed by atoms with Crippen LogP contribution in [0.15, 0.2) is 66.7 Å². The maximum absolute atomic E-state index is 12.4. The van der Waals surface area contributed by atoms with Gasteiger partial charge in [0.15, 0.2) is 0 Å². The van der Waals surface area contributed by atoms with E-state index in [4.69, 9.17) is 9.47 Å². The second-order valence-corrected chi connectivity index (χ2v) is 6.08. The topological polar surface area (TPSA) is 64.6 Å². The summed E-state index contributed by atoms with van der Waals surface area (Å²) < 4.78 is 11.0. The molecule has 0 aromatic heterocycles. The normalized spacial score (nSPS) is 18.7. The van der Waals surface area contributed by atoms with Crippen LogP contribution in [0.4, 0.5) is 0 Å². The number of amides is 1. The summed E-state index contributed by atoms with van der Waals surface area (Å²) in [7, 11) is 1.58. The summed E-state index contributed by atoms with van der Waals surface area (Å²) in [5, 5.41) is 4.82. The molecule has 1 aliphatic heterocycles. The minimum Gasteiger partial charge on any atom is -0.496 e. The molecule has 3 aromatic rings. The number of fused-ring (bicyclic) bond motifs is 1. The quantitative estimate of drug-likeness (QED) is 0.581. The number of ether oxygens (including phenoxy) is 2. The van der Waals surface area contributed by atoms with Gasteiger partial charge in [-0.3, -0.25) is 4.79 Å². The van der Waals surface area contributed by atoms with Crippen molar-refractivity contribution in [3.8, 4) is 5.75 Å². The number of esters is 1. The molecule has 0 unspecified atom stereocenters. The van der Waals surface area contributed by atoms with E-state index in [0.29, 0.717) is 11.3 Å². The largest absolute Gasteiger partial charge is 0.496 e. The third kappa shape index (κ3) is 2.67.